The van der Waals surface area contributed by atoms with Crippen molar-refractivity contribution in [3.63, 3.8) is 0 Å². The average Bonchev–Trinajstić information content (AvgIpc) is 2.86. The van der Waals surface area contributed by atoms with Gasteiger partial charge in [0.1, 0.15) is 0 Å². The van der Waals surface area contributed by atoms with Crippen LogP contribution in [0.3, 0.4) is 0 Å². The summed E-state index contributed by atoms with van der Waals surface area (Å²) in [5, 5.41) is 7.60. The van der Waals surface area contributed by atoms with E-state index in [2.05, 4.69) is 34.5 Å². The number of likely N-dealkylation sites (N-methyl/N-ethyl adjacent to an activating group) is 1. The Kier molecular flexibility index (Phi) is 4.34. The zero-order valence-electron chi connectivity index (χ0n) is 12.8. The van der Waals surface area contributed by atoms with Crippen molar-refractivity contribution in [1.29, 1.82) is 0 Å². The number of aryl methyl sites for hydroxylation is 1. The van der Waals surface area contributed by atoms with Crippen LogP contribution in [0, 0.1) is 6.92 Å². The lowest BCUT2D eigenvalue weighted by Gasteiger charge is -2.20. The van der Waals surface area contributed by atoms with E-state index < -0.39 is 0 Å². The fourth-order valence-corrected chi connectivity index (χ4v) is 3.15. The third-order valence-corrected chi connectivity index (χ3v) is 4.46. The van der Waals surface area contributed by atoms with Crippen molar-refractivity contribution >= 4 is 0 Å². The molecule has 112 valence electrons. The van der Waals surface area contributed by atoms with Crippen LogP contribution in [0.25, 0.3) is 11.4 Å². The highest BCUT2D eigenvalue weighted by atomic mass is 16.5. The summed E-state index contributed by atoms with van der Waals surface area (Å²) in [4.78, 5) is 4.66. The molecule has 0 saturated heterocycles. The molecule has 1 aromatic carbocycles. The number of hydrogen-bond donors (Lipinski definition) is 1. The van der Waals surface area contributed by atoms with Crippen molar-refractivity contribution in [2.24, 2.45) is 0 Å². The molecular formula is C17H23N3O. The zero-order chi connectivity index (χ0) is 14.7. The first-order chi connectivity index (χ1) is 10.3. The van der Waals surface area contributed by atoms with Gasteiger partial charge in [0.2, 0.25) is 11.7 Å². The van der Waals surface area contributed by atoms with E-state index in [9.17, 15) is 0 Å². The molecule has 1 aliphatic rings. The van der Waals surface area contributed by atoms with Crippen LogP contribution in [0.1, 0.15) is 49.5 Å². The normalized spacial score (nSPS) is 23.0. The van der Waals surface area contributed by atoms with E-state index in [4.69, 9.17) is 4.52 Å². The van der Waals surface area contributed by atoms with E-state index in [1.165, 1.54) is 31.2 Å². The molecule has 1 aromatic heterocycles. The van der Waals surface area contributed by atoms with E-state index >= 15 is 0 Å². The van der Waals surface area contributed by atoms with Gasteiger partial charge in [-0.3, -0.25) is 0 Å². The van der Waals surface area contributed by atoms with Crippen LogP contribution >= 0.6 is 0 Å². The predicted molar refractivity (Wildman–Crippen MR) is 83.1 cm³/mol. The molecule has 1 heterocycles. The van der Waals surface area contributed by atoms with E-state index in [0.717, 1.165) is 17.9 Å². The van der Waals surface area contributed by atoms with Gasteiger partial charge in [0, 0.05) is 11.6 Å². The van der Waals surface area contributed by atoms with Gasteiger partial charge >= 0.3 is 0 Å². The summed E-state index contributed by atoms with van der Waals surface area (Å²) in [6.45, 7) is 2.08. The zero-order valence-corrected chi connectivity index (χ0v) is 12.8. The van der Waals surface area contributed by atoms with Crippen molar-refractivity contribution in [2.75, 3.05) is 7.05 Å². The van der Waals surface area contributed by atoms with Gasteiger partial charge < -0.3 is 9.84 Å². The van der Waals surface area contributed by atoms with Crippen molar-refractivity contribution < 1.29 is 4.52 Å². The first kappa shape index (κ1) is 14.3. The van der Waals surface area contributed by atoms with Crippen LogP contribution < -0.4 is 5.32 Å². The van der Waals surface area contributed by atoms with Gasteiger partial charge in [-0.1, -0.05) is 54.2 Å². The fourth-order valence-electron chi connectivity index (χ4n) is 3.15. The molecule has 4 heteroatoms. The highest BCUT2D eigenvalue weighted by Gasteiger charge is 2.28. The SMILES string of the molecule is CNC1CCCCCC1c1nc(-c2ccc(C)cc2)no1. The van der Waals surface area contributed by atoms with Crippen LogP contribution in [-0.4, -0.2) is 23.2 Å². The molecule has 0 spiro atoms. The van der Waals surface area contributed by atoms with E-state index in [-0.39, 0.29) is 0 Å². The van der Waals surface area contributed by atoms with Crippen LogP contribution in [0.5, 0.6) is 0 Å². The summed E-state index contributed by atoms with van der Waals surface area (Å²) in [5.74, 6) is 1.82. The smallest absolute Gasteiger partial charge is 0.231 e. The molecule has 3 rings (SSSR count). The third-order valence-electron chi connectivity index (χ3n) is 4.46. The van der Waals surface area contributed by atoms with Gasteiger partial charge in [0.25, 0.3) is 0 Å². The quantitative estimate of drug-likeness (QED) is 0.874. The molecule has 0 amide bonds. The van der Waals surface area contributed by atoms with Crippen LogP contribution in [0.4, 0.5) is 0 Å². The van der Waals surface area contributed by atoms with Gasteiger partial charge in [-0.15, -0.1) is 0 Å². The molecule has 21 heavy (non-hydrogen) atoms. The highest BCUT2D eigenvalue weighted by Crippen LogP contribution is 2.32. The van der Waals surface area contributed by atoms with Gasteiger partial charge in [0.15, 0.2) is 0 Å². The van der Waals surface area contributed by atoms with E-state index in [1.54, 1.807) is 0 Å². The summed E-state index contributed by atoms with van der Waals surface area (Å²) >= 11 is 0. The van der Waals surface area contributed by atoms with Crippen LogP contribution in [0.2, 0.25) is 0 Å². The van der Waals surface area contributed by atoms with Crippen LogP contribution in [0.15, 0.2) is 28.8 Å². The predicted octanol–water partition coefficient (Wildman–Crippen LogP) is 3.68. The topological polar surface area (TPSA) is 51.0 Å². The lowest BCUT2D eigenvalue weighted by atomic mass is 9.95. The van der Waals surface area contributed by atoms with Gasteiger partial charge in [-0.25, -0.2) is 0 Å². The minimum absolute atomic E-state index is 0.337. The number of nitrogens with one attached hydrogen (secondary N) is 1. The molecule has 0 bridgehead atoms. The number of hydrogen-bond acceptors (Lipinski definition) is 4. The molecule has 0 aliphatic heterocycles. The molecule has 0 radical (unpaired) electrons. The Morgan fingerprint density at radius 1 is 1.10 bits per heavy atom. The first-order valence-corrected chi connectivity index (χ1v) is 7.86. The maximum absolute atomic E-state index is 5.58. The molecular weight excluding hydrogens is 262 g/mol. The minimum Gasteiger partial charge on any atom is -0.339 e. The summed E-state index contributed by atoms with van der Waals surface area (Å²) in [6.07, 6.45) is 6.13. The van der Waals surface area contributed by atoms with Crippen LogP contribution in [-0.2, 0) is 0 Å². The Labute approximate surface area is 126 Å². The van der Waals surface area contributed by atoms with Gasteiger partial charge in [0.05, 0.1) is 5.92 Å². The molecule has 2 aromatic rings. The van der Waals surface area contributed by atoms with Crippen molar-refractivity contribution in [1.82, 2.24) is 15.5 Å². The molecule has 1 N–H and O–H groups in total. The number of nitrogens with zero attached hydrogens (tertiary/aromatic N) is 2. The molecule has 1 saturated carbocycles. The summed E-state index contributed by atoms with van der Waals surface area (Å²) in [7, 11) is 2.03. The Balaban J connectivity index is 1.84. The minimum atomic E-state index is 0.337. The molecule has 2 atom stereocenters. The second-order valence-corrected chi connectivity index (χ2v) is 5.96. The van der Waals surface area contributed by atoms with E-state index in [0.29, 0.717) is 17.8 Å². The Morgan fingerprint density at radius 2 is 1.86 bits per heavy atom. The summed E-state index contributed by atoms with van der Waals surface area (Å²) in [6, 6.07) is 8.69. The summed E-state index contributed by atoms with van der Waals surface area (Å²) < 4.78 is 5.58. The monoisotopic (exact) mass is 285 g/mol. The van der Waals surface area contributed by atoms with Crippen molar-refractivity contribution in [2.45, 2.75) is 51.0 Å². The summed E-state index contributed by atoms with van der Waals surface area (Å²) in [5.41, 5.74) is 2.26. The third kappa shape index (κ3) is 3.16. The number of aromatic nitrogens is 2. The van der Waals surface area contributed by atoms with Crippen molar-refractivity contribution in [3.8, 4) is 11.4 Å². The number of rotatable bonds is 3. The Hall–Kier alpha value is -1.68. The van der Waals surface area contributed by atoms with Gasteiger partial charge in [-0.2, -0.15) is 4.98 Å². The first-order valence-electron chi connectivity index (χ1n) is 7.86. The number of benzene rings is 1. The standard InChI is InChI=1S/C17H23N3O/c1-12-8-10-13(11-9-12)16-19-17(21-20-16)14-6-4-3-5-7-15(14)18-2/h8-11,14-15,18H,3-7H2,1-2H3. The second-order valence-electron chi connectivity index (χ2n) is 5.96. The largest absolute Gasteiger partial charge is 0.339 e. The van der Waals surface area contributed by atoms with Gasteiger partial charge in [-0.05, 0) is 26.8 Å². The van der Waals surface area contributed by atoms with Crippen molar-refractivity contribution in [3.05, 3.63) is 35.7 Å². The molecule has 2 unspecified atom stereocenters. The molecule has 1 fully saturated rings. The molecule has 4 nitrogen and oxygen atoms in total. The lowest BCUT2D eigenvalue weighted by molar-refractivity contribution is 0.311. The molecule has 1 aliphatic carbocycles. The second kappa shape index (κ2) is 6.39. The maximum atomic E-state index is 5.58. The Morgan fingerprint density at radius 3 is 2.62 bits per heavy atom. The Bertz CT molecular complexity index is 576. The fraction of sp³-hybridized carbons (Fsp3) is 0.529. The maximum Gasteiger partial charge on any atom is 0.231 e. The average molecular weight is 285 g/mol. The lowest BCUT2D eigenvalue weighted by Crippen LogP contribution is -2.31. The van der Waals surface area contributed by atoms with E-state index in [1.807, 2.05) is 19.2 Å². The highest BCUT2D eigenvalue weighted by molar-refractivity contribution is 5.54.